The van der Waals surface area contributed by atoms with E-state index in [0.29, 0.717) is 0 Å². The Hall–Kier alpha value is -2.91. The average Bonchev–Trinajstić information content (AvgIpc) is 3.03. The third kappa shape index (κ3) is 2.11. The van der Waals surface area contributed by atoms with Crippen LogP contribution in [-0.4, -0.2) is 12.5 Å². The van der Waals surface area contributed by atoms with Crippen LogP contribution in [0, 0.1) is 13.8 Å². The van der Waals surface area contributed by atoms with Gasteiger partial charge in [0.05, 0.1) is 24.5 Å². The molecule has 6 aromatic rings. The summed E-state index contributed by atoms with van der Waals surface area (Å²) in [5, 5.41) is 8.33. The highest BCUT2D eigenvalue weighted by Crippen LogP contribution is 2.40. The molecule has 148 valence electrons. The maximum Gasteiger partial charge on any atom is 0.238 e. The Morgan fingerprint density at radius 2 is 1.63 bits per heavy atom. The van der Waals surface area contributed by atoms with Gasteiger partial charge in [-0.3, -0.25) is 0 Å². The Morgan fingerprint density at radius 1 is 0.833 bits per heavy atom. The number of aryl methyl sites for hydroxylation is 3. The van der Waals surface area contributed by atoms with Crippen LogP contribution in [-0.2, 0) is 7.05 Å². The van der Waals surface area contributed by atoms with E-state index < -0.39 is 8.07 Å². The van der Waals surface area contributed by atoms with Crippen molar-refractivity contribution in [2.45, 2.75) is 33.5 Å². The number of hydrogen-bond donors (Lipinski definition) is 0. The van der Waals surface area contributed by atoms with E-state index >= 15 is 0 Å². The molecule has 0 spiro atoms. The maximum absolute atomic E-state index is 2.54. The first-order valence-corrected chi connectivity index (χ1v) is 14.3. The van der Waals surface area contributed by atoms with E-state index in [1.807, 2.05) is 0 Å². The monoisotopic (exact) mass is 407 g/mol. The maximum atomic E-state index is 2.54. The third-order valence-corrected chi connectivity index (χ3v) is 9.10. The molecule has 0 saturated carbocycles. The standard InChI is InChI=1S/C27H27N2Si/c1-16-14-18-8-7-9-22-25(18)24(17(16)2)27-26-21(12-13-28(27)3)20-11-10-19(30(4,5)6)15-23(20)29(22)26/h7-15H,1-6H3/q+1. The molecular weight excluding hydrogens is 380 g/mol. The van der Waals surface area contributed by atoms with Crippen molar-refractivity contribution in [3.05, 3.63) is 65.9 Å². The molecule has 0 unspecified atom stereocenters. The minimum atomic E-state index is -1.41. The summed E-state index contributed by atoms with van der Waals surface area (Å²) in [4.78, 5) is 0. The van der Waals surface area contributed by atoms with Gasteiger partial charge in [-0.2, -0.15) is 4.57 Å². The molecule has 0 fully saturated rings. The first-order valence-electron chi connectivity index (χ1n) is 10.8. The highest BCUT2D eigenvalue weighted by molar-refractivity contribution is 6.88. The summed E-state index contributed by atoms with van der Waals surface area (Å²) in [5.74, 6) is 0. The van der Waals surface area contributed by atoms with Crippen LogP contribution in [0.25, 0.3) is 49.0 Å². The molecule has 2 nitrogen and oxygen atoms in total. The molecule has 0 aliphatic carbocycles. The van der Waals surface area contributed by atoms with E-state index in [1.54, 1.807) is 0 Å². The first-order chi connectivity index (χ1) is 14.3. The van der Waals surface area contributed by atoms with Gasteiger partial charge in [-0.15, -0.1) is 0 Å². The second-order valence-corrected chi connectivity index (χ2v) is 15.0. The van der Waals surface area contributed by atoms with Crippen LogP contribution in [0.3, 0.4) is 0 Å². The lowest BCUT2D eigenvalue weighted by Crippen LogP contribution is -2.37. The minimum Gasteiger partial charge on any atom is -0.303 e. The van der Waals surface area contributed by atoms with E-state index in [1.165, 1.54) is 65.3 Å². The van der Waals surface area contributed by atoms with Crippen molar-refractivity contribution in [3.8, 4) is 0 Å². The Morgan fingerprint density at radius 3 is 2.40 bits per heavy atom. The third-order valence-electron chi connectivity index (χ3n) is 7.06. The van der Waals surface area contributed by atoms with Crippen molar-refractivity contribution in [1.82, 2.24) is 4.40 Å². The number of rotatable bonds is 1. The predicted octanol–water partition coefficient (Wildman–Crippen LogP) is 5.98. The SMILES string of the molecule is Cc1cc2cccc3c2c(c1C)c1c2c(cc[n+]1C)c1ccc([Si](C)(C)C)cc1n32. The summed E-state index contributed by atoms with van der Waals surface area (Å²) in [7, 11) is 0.775. The van der Waals surface area contributed by atoms with E-state index in [9.17, 15) is 0 Å². The summed E-state index contributed by atoms with van der Waals surface area (Å²) in [6.45, 7) is 11.8. The molecule has 30 heavy (non-hydrogen) atoms. The van der Waals surface area contributed by atoms with Crippen molar-refractivity contribution in [2.75, 3.05) is 0 Å². The van der Waals surface area contributed by atoms with E-state index in [-0.39, 0.29) is 0 Å². The van der Waals surface area contributed by atoms with Gasteiger partial charge in [0.15, 0.2) is 6.20 Å². The lowest BCUT2D eigenvalue weighted by atomic mass is 9.94. The van der Waals surface area contributed by atoms with Crippen molar-refractivity contribution in [3.63, 3.8) is 0 Å². The lowest BCUT2D eigenvalue weighted by Gasteiger charge is -2.17. The molecule has 0 atom stereocenters. The highest BCUT2D eigenvalue weighted by atomic mass is 28.3. The molecular formula is C27H27N2Si+. The van der Waals surface area contributed by atoms with Crippen LogP contribution in [0.15, 0.2) is 54.7 Å². The summed E-state index contributed by atoms with van der Waals surface area (Å²) in [5.41, 5.74) is 8.08. The predicted molar refractivity (Wildman–Crippen MR) is 132 cm³/mol. The summed E-state index contributed by atoms with van der Waals surface area (Å²) in [6, 6.07) is 18.6. The molecule has 0 bridgehead atoms. The lowest BCUT2D eigenvalue weighted by molar-refractivity contribution is -0.644. The summed E-state index contributed by atoms with van der Waals surface area (Å²) >= 11 is 0. The Labute approximate surface area is 177 Å². The normalized spacial score (nSPS) is 13.0. The Balaban J connectivity index is 2.03. The van der Waals surface area contributed by atoms with Crippen LogP contribution < -0.4 is 9.75 Å². The smallest absolute Gasteiger partial charge is 0.238 e. The van der Waals surface area contributed by atoms with E-state index in [4.69, 9.17) is 0 Å². The number of aromatic nitrogens is 2. The van der Waals surface area contributed by atoms with Gasteiger partial charge in [-0.05, 0) is 42.5 Å². The quantitative estimate of drug-likeness (QED) is 0.137. The number of hydrogen-bond acceptors (Lipinski definition) is 0. The van der Waals surface area contributed by atoms with Crippen LogP contribution in [0.1, 0.15) is 11.1 Å². The highest BCUT2D eigenvalue weighted by Gasteiger charge is 2.25. The molecule has 0 saturated heterocycles. The zero-order chi connectivity index (χ0) is 20.9. The molecule has 0 radical (unpaired) electrons. The molecule has 0 aliphatic rings. The van der Waals surface area contributed by atoms with E-state index in [2.05, 4.69) is 104 Å². The van der Waals surface area contributed by atoms with Crippen LogP contribution >= 0.6 is 0 Å². The van der Waals surface area contributed by atoms with E-state index in [0.717, 1.165) is 0 Å². The molecule has 0 amide bonds. The first kappa shape index (κ1) is 17.9. The van der Waals surface area contributed by atoms with Crippen molar-refractivity contribution >= 4 is 62.3 Å². The van der Waals surface area contributed by atoms with Gasteiger partial charge in [-0.1, -0.05) is 55.2 Å². The fourth-order valence-electron chi connectivity index (χ4n) is 5.31. The van der Waals surface area contributed by atoms with Gasteiger partial charge in [0.25, 0.3) is 0 Å². The molecule has 3 aromatic heterocycles. The fourth-order valence-corrected chi connectivity index (χ4v) is 6.47. The zero-order valence-corrected chi connectivity index (χ0v) is 19.6. The minimum absolute atomic E-state index is 1.32. The summed E-state index contributed by atoms with van der Waals surface area (Å²) in [6.07, 6.45) is 2.23. The fraction of sp³-hybridized carbons (Fsp3) is 0.222. The second kappa shape index (κ2) is 5.61. The topological polar surface area (TPSA) is 8.29 Å². The molecule has 3 heteroatoms. The van der Waals surface area contributed by atoms with Crippen molar-refractivity contribution in [1.29, 1.82) is 0 Å². The van der Waals surface area contributed by atoms with Gasteiger partial charge in [0.2, 0.25) is 5.52 Å². The van der Waals surface area contributed by atoms with Crippen LogP contribution in [0.4, 0.5) is 0 Å². The van der Waals surface area contributed by atoms with Gasteiger partial charge in [-0.25, -0.2) is 0 Å². The number of pyridine rings is 2. The van der Waals surface area contributed by atoms with Gasteiger partial charge in [0.1, 0.15) is 12.6 Å². The molecule has 0 aliphatic heterocycles. The zero-order valence-electron chi connectivity index (χ0n) is 18.6. The molecule has 3 heterocycles. The van der Waals surface area contributed by atoms with Crippen LogP contribution in [0.5, 0.6) is 0 Å². The second-order valence-electron chi connectivity index (χ2n) is 9.92. The number of benzene rings is 3. The van der Waals surface area contributed by atoms with Gasteiger partial charge < -0.3 is 4.40 Å². The largest absolute Gasteiger partial charge is 0.303 e. The molecule has 6 rings (SSSR count). The molecule has 3 aromatic carbocycles. The Bertz CT molecular complexity index is 1650. The Kier molecular flexibility index (Phi) is 3.35. The summed E-state index contributed by atoms with van der Waals surface area (Å²) < 4.78 is 4.85. The van der Waals surface area contributed by atoms with Crippen LogP contribution in [0.2, 0.25) is 19.6 Å². The molecule has 0 N–H and O–H groups in total. The van der Waals surface area contributed by atoms with Crippen molar-refractivity contribution in [2.24, 2.45) is 7.05 Å². The van der Waals surface area contributed by atoms with Gasteiger partial charge >= 0.3 is 0 Å². The van der Waals surface area contributed by atoms with Crippen molar-refractivity contribution < 1.29 is 4.57 Å². The average molecular weight is 408 g/mol. The number of fused-ring (bicyclic) bond motifs is 5. The number of nitrogens with zero attached hydrogens (tertiary/aromatic N) is 2. The van der Waals surface area contributed by atoms with Gasteiger partial charge in [0, 0.05) is 22.2 Å².